The third kappa shape index (κ3) is 3.16. The molecule has 1 fully saturated rings. The van der Waals surface area contributed by atoms with E-state index in [4.69, 9.17) is 11.6 Å². The molecule has 0 spiro atoms. The van der Waals surface area contributed by atoms with E-state index in [9.17, 15) is 4.79 Å². The maximum Gasteiger partial charge on any atom is 0.322 e. The first-order chi connectivity index (χ1) is 8.58. The number of hydrogen-bond acceptors (Lipinski definition) is 2. The van der Waals surface area contributed by atoms with Gasteiger partial charge in [0.2, 0.25) is 0 Å². The molecule has 4 nitrogen and oxygen atoms in total. The highest BCUT2D eigenvalue weighted by molar-refractivity contribution is 9.10. The molecule has 0 aromatic heterocycles. The molecule has 1 aromatic carbocycles. The Morgan fingerprint density at radius 3 is 3.06 bits per heavy atom. The number of urea groups is 1. The van der Waals surface area contributed by atoms with Crippen LogP contribution in [0.15, 0.2) is 22.7 Å². The summed E-state index contributed by atoms with van der Waals surface area (Å²) in [5.41, 5.74) is 0.635. The number of benzene rings is 1. The zero-order chi connectivity index (χ0) is 13.1. The summed E-state index contributed by atoms with van der Waals surface area (Å²) in [4.78, 5) is 13.9. The van der Waals surface area contributed by atoms with E-state index >= 15 is 0 Å². The Balaban J connectivity index is 2.06. The second-order valence-corrected chi connectivity index (χ2v) is 5.62. The molecule has 1 atom stereocenters. The molecule has 1 unspecified atom stereocenters. The summed E-state index contributed by atoms with van der Waals surface area (Å²) in [5, 5.41) is 6.62. The van der Waals surface area contributed by atoms with Crippen LogP contribution in [-0.4, -0.2) is 36.6 Å². The van der Waals surface area contributed by atoms with Crippen LogP contribution in [0.1, 0.15) is 6.92 Å². The molecule has 0 bridgehead atoms. The molecule has 1 heterocycles. The Bertz CT molecular complexity index is 455. The average Bonchev–Trinajstić information content (AvgIpc) is 2.33. The number of amides is 2. The van der Waals surface area contributed by atoms with Gasteiger partial charge in [-0.15, -0.1) is 0 Å². The van der Waals surface area contributed by atoms with Gasteiger partial charge in [0.25, 0.3) is 0 Å². The number of carbonyl (C=O) groups is 1. The molecule has 98 valence electrons. The molecular weight excluding hydrogens is 318 g/mol. The molecule has 2 amide bonds. The second kappa shape index (κ2) is 5.91. The van der Waals surface area contributed by atoms with Crippen molar-refractivity contribution in [2.24, 2.45) is 0 Å². The van der Waals surface area contributed by atoms with Gasteiger partial charge >= 0.3 is 6.03 Å². The number of nitrogens with one attached hydrogen (secondary N) is 2. The maximum atomic E-state index is 12.1. The molecule has 18 heavy (non-hydrogen) atoms. The predicted octanol–water partition coefficient (Wildman–Crippen LogP) is 2.93. The lowest BCUT2D eigenvalue weighted by atomic mass is 10.2. The summed E-state index contributed by atoms with van der Waals surface area (Å²) in [6.45, 7) is 4.38. The quantitative estimate of drug-likeness (QED) is 0.830. The number of nitrogens with zero attached hydrogens (tertiary/aromatic N) is 1. The summed E-state index contributed by atoms with van der Waals surface area (Å²) >= 11 is 9.41. The number of halogens is 2. The van der Waals surface area contributed by atoms with Gasteiger partial charge in [-0.1, -0.05) is 27.5 Å². The predicted molar refractivity (Wildman–Crippen MR) is 77.2 cm³/mol. The summed E-state index contributed by atoms with van der Waals surface area (Å²) in [7, 11) is 0. The molecule has 2 rings (SSSR count). The molecule has 1 aliphatic heterocycles. The minimum atomic E-state index is -0.103. The van der Waals surface area contributed by atoms with Crippen LogP contribution in [0.25, 0.3) is 0 Å². The Labute approximate surface area is 120 Å². The van der Waals surface area contributed by atoms with E-state index in [1.54, 1.807) is 12.1 Å². The minimum absolute atomic E-state index is 0.103. The van der Waals surface area contributed by atoms with Gasteiger partial charge in [-0.05, 0) is 25.1 Å². The van der Waals surface area contributed by atoms with Crippen molar-refractivity contribution < 1.29 is 4.79 Å². The largest absolute Gasteiger partial charge is 0.322 e. The van der Waals surface area contributed by atoms with Crippen molar-refractivity contribution >= 4 is 39.2 Å². The molecule has 1 saturated heterocycles. The van der Waals surface area contributed by atoms with Gasteiger partial charge < -0.3 is 15.5 Å². The Kier molecular flexibility index (Phi) is 4.48. The van der Waals surface area contributed by atoms with Crippen LogP contribution >= 0.6 is 27.5 Å². The van der Waals surface area contributed by atoms with Crippen LogP contribution in [0.4, 0.5) is 10.5 Å². The first-order valence-corrected chi connectivity index (χ1v) is 6.98. The van der Waals surface area contributed by atoms with Gasteiger partial charge in [0.1, 0.15) is 0 Å². The zero-order valence-corrected chi connectivity index (χ0v) is 12.4. The fourth-order valence-electron chi connectivity index (χ4n) is 1.92. The second-order valence-electron chi connectivity index (χ2n) is 4.30. The van der Waals surface area contributed by atoms with Gasteiger partial charge in [-0.3, -0.25) is 0 Å². The summed E-state index contributed by atoms with van der Waals surface area (Å²) < 4.78 is 0.890. The van der Waals surface area contributed by atoms with Crippen LogP contribution in [0.5, 0.6) is 0 Å². The van der Waals surface area contributed by atoms with Crippen molar-refractivity contribution in [2.45, 2.75) is 13.0 Å². The molecule has 0 radical (unpaired) electrons. The van der Waals surface area contributed by atoms with Crippen LogP contribution in [-0.2, 0) is 0 Å². The fraction of sp³-hybridized carbons (Fsp3) is 0.417. The molecule has 0 aliphatic carbocycles. The summed E-state index contributed by atoms with van der Waals surface area (Å²) in [6, 6.07) is 5.49. The number of rotatable bonds is 1. The van der Waals surface area contributed by atoms with Crippen molar-refractivity contribution in [1.29, 1.82) is 0 Å². The van der Waals surface area contributed by atoms with E-state index in [-0.39, 0.29) is 12.1 Å². The lowest BCUT2D eigenvalue weighted by Gasteiger charge is -2.33. The Morgan fingerprint density at radius 1 is 1.61 bits per heavy atom. The normalized spacial score (nSPS) is 19.7. The number of piperazine rings is 1. The van der Waals surface area contributed by atoms with E-state index in [1.807, 2.05) is 17.9 Å². The lowest BCUT2D eigenvalue weighted by Crippen LogP contribution is -2.53. The highest BCUT2D eigenvalue weighted by atomic mass is 79.9. The van der Waals surface area contributed by atoms with E-state index in [0.717, 1.165) is 17.6 Å². The molecule has 6 heteroatoms. The highest BCUT2D eigenvalue weighted by Gasteiger charge is 2.23. The molecular formula is C12H15BrClN3O. The average molecular weight is 333 g/mol. The third-order valence-corrected chi connectivity index (χ3v) is 3.74. The summed E-state index contributed by atoms with van der Waals surface area (Å²) in [5.74, 6) is 0. The van der Waals surface area contributed by atoms with Crippen LogP contribution < -0.4 is 10.6 Å². The van der Waals surface area contributed by atoms with Crippen molar-refractivity contribution in [3.8, 4) is 0 Å². The van der Waals surface area contributed by atoms with E-state index in [0.29, 0.717) is 17.3 Å². The molecule has 1 aliphatic rings. The monoisotopic (exact) mass is 331 g/mol. The van der Waals surface area contributed by atoms with Crippen molar-refractivity contribution in [1.82, 2.24) is 10.2 Å². The van der Waals surface area contributed by atoms with E-state index in [1.165, 1.54) is 0 Å². The van der Waals surface area contributed by atoms with Gasteiger partial charge in [0.05, 0.1) is 10.7 Å². The van der Waals surface area contributed by atoms with Crippen LogP contribution in [0, 0.1) is 0 Å². The first-order valence-electron chi connectivity index (χ1n) is 5.81. The van der Waals surface area contributed by atoms with Gasteiger partial charge in [0.15, 0.2) is 0 Å². The smallest absolute Gasteiger partial charge is 0.319 e. The lowest BCUT2D eigenvalue weighted by molar-refractivity contribution is 0.177. The van der Waals surface area contributed by atoms with E-state index < -0.39 is 0 Å². The topological polar surface area (TPSA) is 44.4 Å². The summed E-state index contributed by atoms with van der Waals surface area (Å²) in [6.07, 6.45) is 0. The standard InChI is InChI=1S/C12H15BrClN3O/c1-8-7-15-4-5-17(8)12(18)16-11-3-2-9(13)6-10(11)14/h2-3,6,8,15H,4-5,7H2,1H3,(H,16,18). The minimum Gasteiger partial charge on any atom is -0.319 e. The van der Waals surface area contributed by atoms with Gasteiger partial charge in [0, 0.05) is 30.1 Å². The number of anilines is 1. The fourth-order valence-corrected chi connectivity index (χ4v) is 2.64. The number of hydrogen-bond donors (Lipinski definition) is 2. The Morgan fingerprint density at radius 2 is 2.39 bits per heavy atom. The third-order valence-electron chi connectivity index (χ3n) is 2.93. The molecule has 0 saturated carbocycles. The van der Waals surface area contributed by atoms with Crippen molar-refractivity contribution in [3.63, 3.8) is 0 Å². The maximum absolute atomic E-state index is 12.1. The highest BCUT2D eigenvalue weighted by Crippen LogP contribution is 2.26. The van der Waals surface area contributed by atoms with Gasteiger partial charge in [-0.25, -0.2) is 4.79 Å². The van der Waals surface area contributed by atoms with E-state index in [2.05, 4.69) is 26.6 Å². The number of carbonyl (C=O) groups excluding carboxylic acids is 1. The SMILES string of the molecule is CC1CNCCN1C(=O)Nc1ccc(Br)cc1Cl. The van der Waals surface area contributed by atoms with Crippen LogP contribution in [0.3, 0.4) is 0 Å². The Hall–Kier alpha value is -0.780. The van der Waals surface area contributed by atoms with Crippen molar-refractivity contribution in [3.05, 3.63) is 27.7 Å². The zero-order valence-electron chi connectivity index (χ0n) is 10.0. The first kappa shape index (κ1) is 13.6. The van der Waals surface area contributed by atoms with Gasteiger partial charge in [-0.2, -0.15) is 0 Å². The molecule has 1 aromatic rings. The van der Waals surface area contributed by atoms with Crippen LogP contribution in [0.2, 0.25) is 5.02 Å². The molecule has 2 N–H and O–H groups in total. The van der Waals surface area contributed by atoms with Crippen molar-refractivity contribution in [2.75, 3.05) is 25.0 Å².